The number of carbonyl (C=O) groups is 2. The number of carbonyl (C=O) groups excluding carboxylic acids is 1. The topological polar surface area (TPSA) is 101 Å². The highest BCUT2D eigenvalue weighted by Gasteiger charge is 2.22. The lowest BCUT2D eigenvalue weighted by molar-refractivity contribution is -0.174. The van der Waals surface area contributed by atoms with Crippen LogP contribution in [0.1, 0.15) is 40.5 Å². The summed E-state index contributed by atoms with van der Waals surface area (Å²) in [5, 5.41) is 7.92. The van der Waals surface area contributed by atoms with E-state index in [4.69, 9.17) is 28.2 Å². The van der Waals surface area contributed by atoms with Crippen molar-refractivity contribution < 1.29 is 37.8 Å². The van der Waals surface area contributed by atoms with Crippen LogP contribution in [0, 0.1) is 0 Å². The first-order valence-electron chi connectivity index (χ1n) is 9.17. The van der Waals surface area contributed by atoms with Crippen molar-refractivity contribution in [2.75, 3.05) is 34.0 Å². The summed E-state index contributed by atoms with van der Waals surface area (Å²) < 4.78 is 25.7. The van der Waals surface area contributed by atoms with Crippen molar-refractivity contribution >= 4 is 31.5 Å². The van der Waals surface area contributed by atoms with E-state index in [9.17, 15) is 9.59 Å². The zero-order chi connectivity index (χ0) is 22.6. The second-order valence-electron chi connectivity index (χ2n) is 5.36. The zero-order valence-electron chi connectivity index (χ0n) is 18.4. The van der Waals surface area contributed by atoms with Crippen LogP contribution in [0.2, 0.25) is 0 Å². The maximum atomic E-state index is 11.2. The molecule has 0 saturated carbocycles. The largest absolute Gasteiger partial charge is 0.478 e. The van der Waals surface area contributed by atoms with Crippen molar-refractivity contribution in [3.8, 4) is 0 Å². The Morgan fingerprint density at radius 2 is 1.54 bits per heavy atom. The summed E-state index contributed by atoms with van der Waals surface area (Å²) in [6.45, 7) is 16.5. The average molecular weight is 439 g/mol. The molecule has 0 rings (SSSR count). The van der Waals surface area contributed by atoms with E-state index >= 15 is 0 Å². The molecule has 0 aliphatic carbocycles. The molecule has 0 fully saturated rings. The van der Waals surface area contributed by atoms with E-state index in [1.165, 1.54) is 14.2 Å². The molecule has 0 heterocycles. The van der Waals surface area contributed by atoms with Crippen LogP contribution in [0.15, 0.2) is 24.4 Å². The molecule has 0 aromatic rings. The molecule has 0 bridgehead atoms. The summed E-state index contributed by atoms with van der Waals surface area (Å²) in [5.41, 5.74) is -0.219. The summed E-state index contributed by atoms with van der Waals surface area (Å²) in [7, 11) is 1.89. The van der Waals surface area contributed by atoms with Crippen molar-refractivity contribution in [1.82, 2.24) is 0 Å². The van der Waals surface area contributed by atoms with Gasteiger partial charge < -0.3 is 28.2 Å². The van der Waals surface area contributed by atoms with Crippen molar-refractivity contribution in [3.05, 3.63) is 24.4 Å². The third-order valence-corrected chi connectivity index (χ3v) is 6.07. The molecule has 0 atom stereocenters. The molecule has 0 spiro atoms. The van der Waals surface area contributed by atoms with Gasteiger partial charge in [0.25, 0.3) is 0 Å². The van der Waals surface area contributed by atoms with Gasteiger partial charge in [0.1, 0.15) is 5.41 Å². The van der Waals surface area contributed by atoms with Gasteiger partial charge in [-0.1, -0.05) is 27.0 Å². The van der Waals surface area contributed by atoms with Crippen LogP contribution in [0.25, 0.3) is 0 Å². The van der Waals surface area contributed by atoms with Crippen LogP contribution in [0.5, 0.6) is 0 Å². The minimum absolute atomic E-state index is 0.219. The Bertz CT molecular complexity index is 433. The average Bonchev–Trinajstić information content (AvgIpc) is 2.68. The molecule has 1 N–H and O–H groups in total. The van der Waals surface area contributed by atoms with Gasteiger partial charge in [-0.2, -0.15) is 0 Å². The molecule has 10 heteroatoms. The lowest BCUT2D eigenvalue weighted by Gasteiger charge is -2.27. The van der Waals surface area contributed by atoms with Crippen LogP contribution in [0.3, 0.4) is 0 Å². The van der Waals surface area contributed by atoms with Gasteiger partial charge in [0.05, 0.1) is 22.0 Å². The molecular formula is C18H38O8Si2. The molecule has 0 aromatic heterocycles. The van der Waals surface area contributed by atoms with Gasteiger partial charge in [0.2, 0.25) is 0 Å². The fourth-order valence-electron chi connectivity index (χ4n) is 1.62. The Kier molecular flexibility index (Phi) is 22.9. The van der Waals surface area contributed by atoms with Gasteiger partial charge in [-0.25, -0.2) is 9.59 Å². The summed E-state index contributed by atoms with van der Waals surface area (Å²) in [6.07, 6.45) is 2.59. The Morgan fingerprint density at radius 1 is 1.11 bits per heavy atom. The molecule has 8 nitrogen and oxygen atoms in total. The summed E-state index contributed by atoms with van der Waals surface area (Å²) in [5.74, 6) is -1.40. The van der Waals surface area contributed by atoms with E-state index in [1.54, 1.807) is 0 Å². The number of ether oxygens (including phenoxy) is 3. The first-order valence-corrected chi connectivity index (χ1v) is 11.7. The molecule has 0 radical (unpaired) electrons. The predicted molar refractivity (Wildman–Crippen MR) is 116 cm³/mol. The highest BCUT2D eigenvalue weighted by Crippen LogP contribution is 2.12. The first-order chi connectivity index (χ1) is 13.1. The number of carboxylic acids is 1. The Morgan fingerprint density at radius 3 is 1.79 bits per heavy atom. The van der Waals surface area contributed by atoms with Crippen molar-refractivity contribution in [2.45, 2.75) is 45.9 Å². The lowest BCUT2D eigenvalue weighted by atomic mass is 10.4. The molecular weight excluding hydrogens is 400 g/mol. The van der Waals surface area contributed by atoms with Gasteiger partial charge in [-0.15, -0.1) is 0 Å². The number of carboxylic acid groups (broad SMARTS) is 1. The fourth-order valence-corrected chi connectivity index (χ4v) is 3.24. The molecule has 0 aliphatic rings. The Hall–Kier alpha value is -1.31. The Labute approximate surface area is 174 Å². The van der Waals surface area contributed by atoms with Crippen LogP contribution in [-0.2, 0) is 32.7 Å². The molecule has 0 unspecified atom stereocenters. The molecule has 0 saturated heterocycles. The number of esters is 1. The number of aliphatic carboxylic acids is 1. The maximum absolute atomic E-state index is 11.2. The Balaban J connectivity index is -0.000000368. The number of rotatable bonds is 12. The van der Waals surface area contributed by atoms with Crippen molar-refractivity contribution in [2.24, 2.45) is 0 Å². The van der Waals surface area contributed by atoms with E-state index in [1.807, 2.05) is 20.8 Å². The van der Waals surface area contributed by atoms with Gasteiger partial charge in [0.15, 0.2) is 0 Å². The minimum atomic E-state index is -2.06. The van der Waals surface area contributed by atoms with E-state index < -0.39 is 21.2 Å². The predicted octanol–water partition coefficient (Wildman–Crippen LogP) is 1.29. The summed E-state index contributed by atoms with van der Waals surface area (Å²) in [4.78, 5) is 20.5. The molecule has 0 amide bonds. The SMILES string of the molecule is C=C(C(=O)OCCC)[SiH](OC)OC.C=CC(=O)O.CCOC([SiH3])(CC)OCC. The normalized spacial score (nSPS) is 10.2. The van der Waals surface area contributed by atoms with Crippen LogP contribution < -0.4 is 0 Å². The molecule has 166 valence electrons. The number of hydrogen-bond acceptors (Lipinski definition) is 7. The molecule has 28 heavy (non-hydrogen) atoms. The summed E-state index contributed by atoms with van der Waals surface area (Å²) >= 11 is 0. The lowest BCUT2D eigenvalue weighted by Crippen LogP contribution is -2.35. The smallest absolute Gasteiger partial charge is 0.362 e. The standard InChI is InChI=1S/C8H16O4Si.C7H18O2Si.C3H4O2/c1-5-6-12-8(9)7(2)13(10-3)11-4;1-4-7(10,8-5-2)9-6-3;1-2-3(4)5/h13H,2,5-6H2,1,3-4H3;4-6H2,1-3,10H3;2H,1H2,(H,4,5). The second-order valence-corrected chi connectivity index (χ2v) is 9.19. The third kappa shape index (κ3) is 18.1. The monoisotopic (exact) mass is 438 g/mol. The van der Waals surface area contributed by atoms with Crippen molar-refractivity contribution in [1.29, 1.82) is 0 Å². The fraction of sp³-hybridized carbons (Fsp3) is 0.667. The van der Waals surface area contributed by atoms with Crippen molar-refractivity contribution in [3.63, 3.8) is 0 Å². The maximum Gasteiger partial charge on any atom is 0.362 e. The molecule has 0 aromatic carbocycles. The highest BCUT2D eigenvalue weighted by atomic mass is 28.3. The quantitative estimate of drug-likeness (QED) is 0.211. The first kappa shape index (κ1) is 31.4. The zero-order valence-corrected chi connectivity index (χ0v) is 21.6. The van der Waals surface area contributed by atoms with Crippen LogP contribution in [0.4, 0.5) is 0 Å². The summed E-state index contributed by atoms with van der Waals surface area (Å²) in [6, 6.07) is 0. The van der Waals surface area contributed by atoms with E-state index in [0.29, 0.717) is 11.8 Å². The number of hydrogen-bond donors (Lipinski definition) is 1. The van der Waals surface area contributed by atoms with E-state index in [2.05, 4.69) is 20.1 Å². The van der Waals surface area contributed by atoms with Crippen LogP contribution >= 0.6 is 0 Å². The van der Waals surface area contributed by atoms with Gasteiger partial charge in [-0.05, 0) is 26.7 Å². The molecule has 0 aliphatic heterocycles. The van der Waals surface area contributed by atoms with Gasteiger partial charge in [0, 0.05) is 33.5 Å². The van der Waals surface area contributed by atoms with E-state index in [-0.39, 0.29) is 5.41 Å². The van der Waals surface area contributed by atoms with Gasteiger partial charge >= 0.3 is 21.2 Å². The highest BCUT2D eigenvalue weighted by molar-refractivity contribution is 6.60. The second kappa shape index (κ2) is 20.4. The van der Waals surface area contributed by atoms with E-state index in [0.717, 1.165) is 42.4 Å². The third-order valence-electron chi connectivity index (χ3n) is 3.13. The van der Waals surface area contributed by atoms with Gasteiger partial charge in [-0.3, -0.25) is 0 Å². The van der Waals surface area contributed by atoms with Crippen LogP contribution in [-0.4, -0.2) is 76.0 Å². The minimum Gasteiger partial charge on any atom is -0.478 e.